The fourth-order valence-corrected chi connectivity index (χ4v) is 3.61. The van der Waals surface area contributed by atoms with Crippen LogP contribution in [0.4, 0.5) is 4.79 Å². The number of carbonyl (C=O) groups excluding carboxylic acids is 1. The Labute approximate surface area is 179 Å². The Bertz CT molecular complexity index is 534. The summed E-state index contributed by atoms with van der Waals surface area (Å²) in [5.74, 6) is 0.971. The van der Waals surface area contributed by atoms with Crippen LogP contribution in [-0.4, -0.2) is 103 Å². The van der Waals surface area contributed by atoms with Crippen LogP contribution < -0.4 is 5.32 Å². The molecule has 2 unspecified atom stereocenters. The summed E-state index contributed by atoms with van der Waals surface area (Å²) >= 11 is 0. The first-order chi connectivity index (χ1) is 12.3. The van der Waals surface area contributed by atoms with Crippen molar-refractivity contribution in [3.63, 3.8) is 0 Å². The van der Waals surface area contributed by atoms with E-state index in [1.54, 1.807) is 4.90 Å². The van der Waals surface area contributed by atoms with E-state index in [9.17, 15) is 4.79 Å². The number of piperazine rings is 1. The molecule has 3 heterocycles. The second-order valence-electron chi connectivity index (χ2n) is 8.32. The zero-order chi connectivity index (χ0) is 18.7. The summed E-state index contributed by atoms with van der Waals surface area (Å²) in [7, 11) is 0. The number of hydrogen-bond acceptors (Lipinski definition) is 7. The molecule has 3 aliphatic heterocycles. The number of ether oxygens (including phenoxy) is 2. The number of morpholine rings is 1. The fraction of sp³-hybridized carbons (Fsp3) is 0.889. The Morgan fingerprint density at radius 3 is 2.67 bits per heavy atom. The van der Waals surface area contributed by atoms with Crippen molar-refractivity contribution in [3.05, 3.63) is 0 Å². The highest BCUT2D eigenvalue weighted by Gasteiger charge is 2.36. The average molecular weight is 495 g/mol. The molecule has 0 bridgehead atoms. The SMILES string of the molecule is CC(CNC1=NCC2CN(C(=O)OC(C)(C)C)CCN12)N1CCOCC1.I. The van der Waals surface area contributed by atoms with Gasteiger partial charge in [-0.15, -0.1) is 24.0 Å². The van der Waals surface area contributed by atoms with Crippen molar-refractivity contribution in [1.29, 1.82) is 0 Å². The Balaban J connectivity index is 0.00000261. The van der Waals surface area contributed by atoms with Crippen molar-refractivity contribution in [2.24, 2.45) is 4.99 Å². The Morgan fingerprint density at radius 1 is 1.30 bits per heavy atom. The van der Waals surface area contributed by atoms with Gasteiger partial charge in [0.1, 0.15) is 5.60 Å². The van der Waals surface area contributed by atoms with E-state index in [2.05, 4.69) is 27.0 Å². The minimum Gasteiger partial charge on any atom is -0.444 e. The highest BCUT2D eigenvalue weighted by molar-refractivity contribution is 14.0. The van der Waals surface area contributed by atoms with E-state index in [4.69, 9.17) is 9.47 Å². The molecule has 0 radical (unpaired) electrons. The standard InChI is InChI=1S/C18H33N5O3.HI/c1-14(21-7-9-25-10-8-21)11-19-16-20-12-15-13-22(5-6-23(15)16)17(24)26-18(2,3)4;/h14-15H,5-13H2,1-4H3,(H,19,20);1H. The number of nitrogens with zero attached hydrogens (tertiary/aromatic N) is 4. The number of nitrogens with one attached hydrogen (secondary N) is 1. The molecule has 2 atom stereocenters. The summed E-state index contributed by atoms with van der Waals surface area (Å²) in [5, 5.41) is 3.52. The quantitative estimate of drug-likeness (QED) is 0.594. The fourth-order valence-electron chi connectivity index (χ4n) is 3.61. The second kappa shape index (κ2) is 9.60. The summed E-state index contributed by atoms with van der Waals surface area (Å²) in [6, 6.07) is 0.696. The van der Waals surface area contributed by atoms with Crippen LogP contribution in [0.15, 0.2) is 4.99 Å². The van der Waals surface area contributed by atoms with Crippen molar-refractivity contribution in [3.8, 4) is 0 Å². The van der Waals surface area contributed by atoms with Gasteiger partial charge in [0, 0.05) is 45.3 Å². The van der Waals surface area contributed by atoms with Gasteiger partial charge < -0.3 is 24.6 Å². The number of aliphatic imine (C=N–C) groups is 1. The molecule has 0 aromatic heterocycles. The van der Waals surface area contributed by atoms with E-state index < -0.39 is 5.60 Å². The molecule has 2 fully saturated rings. The van der Waals surface area contributed by atoms with Crippen LogP contribution >= 0.6 is 24.0 Å². The molecular formula is C18H34IN5O3. The minimum absolute atomic E-state index is 0. The highest BCUT2D eigenvalue weighted by atomic mass is 127. The van der Waals surface area contributed by atoms with Gasteiger partial charge in [0.15, 0.2) is 5.96 Å². The highest BCUT2D eigenvalue weighted by Crippen LogP contribution is 2.18. The Hall–Kier alpha value is -0.810. The normalized spacial score (nSPS) is 24.6. The average Bonchev–Trinajstić information content (AvgIpc) is 3.01. The number of guanidine groups is 1. The summed E-state index contributed by atoms with van der Waals surface area (Å²) in [6.07, 6.45) is -0.223. The minimum atomic E-state index is -0.456. The van der Waals surface area contributed by atoms with Gasteiger partial charge in [-0.2, -0.15) is 0 Å². The van der Waals surface area contributed by atoms with Crippen LogP contribution in [0.5, 0.6) is 0 Å². The van der Waals surface area contributed by atoms with E-state index in [0.717, 1.165) is 51.9 Å². The first kappa shape index (κ1) is 22.5. The Morgan fingerprint density at radius 2 is 2.00 bits per heavy atom. The zero-order valence-corrected chi connectivity index (χ0v) is 19.3. The lowest BCUT2D eigenvalue weighted by Crippen LogP contribution is -2.58. The molecule has 2 saturated heterocycles. The molecule has 27 heavy (non-hydrogen) atoms. The molecule has 0 aromatic rings. The number of carbonyl (C=O) groups is 1. The molecule has 0 saturated carbocycles. The van der Waals surface area contributed by atoms with Crippen molar-refractivity contribution >= 4 is 36.0 Å². The van der Waals surface area contributed by atoms with E-state index in [0.29, 0.717) is 19.1 Å². The number of rotatable bonds is 3. The molecule has 1 N–H and O–H groups in total. The van der Waals surface area contributed by atoms with Crippen LogP contribution in [0.3, 0.4) is 0 Å². The number of fused-ring (bicyclic) bond motifs is 1. The molecule has 3 aliphatic rings. The first-order valence-electron chi connectivity index (χ1n) is 9.68. The lowest BCUT2D eigenvalue weighted by molar-refractivity contribution is 0.0134. The summed E-state index contributed by atoms with van der Waals surface area (Å²) in [5.41, 5.74) is -0.456. The third kappa shape index (κ3) is 6.08. The van der Waals surface area contributed by atoms with Crippen molar-refractivity contribution in [1.82, 2.24) is 20.0 Å². The van der Waals surface area contributed by atoms with Crippen LogP contribution in [0.1, 0.15) is 27.7 Å². The molecule has 8 nitrogen and oxygen atoms in total. The molecule has 0 aliphatic carbocycles. The predicted octanol–water partition coefficient (Wildman–Crippen LogP) is 1.21. The van der Waals surface area contributed by atoms with Gasteiger partial charge in [0.2, 0.25) is 0 Å². The number of amides is 1. The molecule has 9 heteroatoms. The summed E-state index contributed by atoms with van der Waals surface area (Å²) < 4.78 is 10.9. The van der Waals surface area contributed by atoms with Crippen molar-refractivity contribution < 1.29 is 14.3 Å². The van der Waals surface area contributed by atoms with Crippen molar-refractivity contribution in [2.75, 3.05) is 59.0 Å². The number of hydrogen-bond donors (Lipinski definition) is 1. The molecule has 156 valence electrons. The van der Waals surface area contributed by atoms with Crippen LogP contribution in [0, 0.1) is 0 Å². The largest absolute Gasteiger partial charge is 0.444 e. The van der Waals surface area contributed by atoms with Gasteiger partial charge in [-0.3, -0.25) is 9.89 Å². The molecule has 0 aromatic carbocycles. The van der Waals surface area contributed by atoms with Gasteiger partial charge in [0.25, 0.3) is 0 Å². The van der Waals surface area contributed by atoms with Crippen LogP contribution in [0.2, 0.25) is 0 Å². The number of halogens is 1. The van der Waals surface area contributed by atoms with Gasteiger partial charge in [0.05, 0.1) is 25.8 Å². The molecule has 1 amide bonds. The second-order valence-corrected chi connectivity index (χ2v) is 8.32. The lowest BCUT2D eigenvalue weighted by atomic mass is 10.2. The third-order valence-corrected chi connectivity index (χ3v) is 5.08. The zero-order valence-electron chi connectivity index (χ0n) is 16.9. The monoisotopic (exact) mass is 495 g/mol. The summed E-state index contributed by atoms with van der Waals surface area (Å²) in [6.45, 7) is 15.3. The maximum atomic E-state index is 12.3. The molecule has 0 spiro atoms. The van der Waals surface area contributed by atoms with Gasteiger partial charge in [-0.25, -0.2) is 4.79 Å². The van der Waals surface area contributed by atoms with Gasteiger partial charge in [-0.1, -0.05) is 0 Å². The molecular weight excluding hydrogens is 461 g/mol. The third-order valence-electron chi connectivity index (χ3n) is 5.08. The van der Waals surface area contributed by atoms with Crippen molar-refractivity contribution in [2.45, 2.75) is 45.4 Å². The van der Waals surface area contributed by atoms with E-state index >= 15 is 0 Å². The maximum Gasteiger partial charge on any atom is 0.410 e. The molecule has 3 rings (SSSR count). The first-order valence-corrected chi connectivity index (χ1v) is 9.68. The van der Waals surface area contributed by atoms with E-state index in [1.165, 1.54) is 0 Å². The Kier molecular flexibility index (Phi) is 7.99. The lowest BCUT2D eigenvalue weighted by Gasteiger charge is -2.39. The van der Waals surface area contributed by atoms with Crippen LogP contribution in [0.25, 0.3) is 0 Å². The van der Waals surface area contributed by atoms with Crippen LogP contribution in [-0.2, 0) is 9.47 Å². The van der Waals surface area contributed by atoms with E-state index in [-0.39, 0.29) is 36.1 Å². The smallest absolute Gasteiger partial charge is 0.410 e. The van der Waals surface area contributed by atoms with Gasteiger partial charge in [-0.05, 0) is 27.7 Å². The van der Waals surface area contributed by atoms with E-state index in [1.807, 2.05) is 20.8 Å². The topological polar surface area (TPSA) is 69.6 Å². The van der Waals surface area contributed by atoms with Gasteiger partial charge >= 0.3 is 6.09 Å². The predicted molar refractivity (Wildman–Crippen MR) is 116 cm³/mol. The summed E-state index contributed by atoms with van der Waals surface area (Å²) in [4.78, 5) is 23.5. The maximum absolute atomic E-state index is 12.3.